The SMILES string of the molecule is CN=C(NCCS(=O)(=O)NCC1CCCCO1)NC1CCN(c2cccs2)CC1.I. The van der Waals surface area contributed by atoms with Crippen LogP contribution in [0.1, 0.15) is 32.1 Å². The monoisotopic (exact) mass is 571 g/mol. The number of aliphatic imine (C=N–C) groups is 1. The normalized spacial score (nSPS) is 21.2. The minimum Gasteiger partial charge on any atom is -0.377 e. The largest absolute Gasteiger partial charge is 0.377 e. The Morgan fingerprint density at radius 3 is 2.73 bits per heavy atom. The fraction of sp³-hybridized carbons (Fsp3) is 0.737. The number of halogens is 1. The molecule has 0 amide bonds. The van der Waals surface area contributed by atoms with E-state index in [4.69, 9.17) is 4.74 Å². The summed E-state index contributed by atoms with van der Waals surface area (Å²) in [5.74, 6) is 0.669. The number of sulfonamides is 1. The van der Waals surface area contributed by atoms with E-state index in [0.29, 0.717) is 25.1 Å². The molecule has 3 rings (SSSR count). The third-order valence-electron chi connectivity index (χ3n) is 5.35. The number of guanidine groups is 1. The lowest BCUT2D eigenvalue weighted by Crippen LogP contribution is -2.49. The average Bonchev–Trinajstić information content (AvgIpc) is 3.28. The zero-order valence-electron chi connectivity index (χ0n) is 17.5. The van der Waals surface area contributed by atoms with E-state index in [1.807, 2.05) is 0 Å². The predicted molar refractivity (Wildman–Crippen MR) is 135 cm³/mol. The first-order chi connectivity index (χ1) is 14.1. The van der Waals surface area contributed by atoms with Gasteiger partial charge >= 0.3 is 0 Å². The van der Waals surface area contributed by atoms with Gasteiger partial charge < -0.3 is 20.3 Å². The maximum Gasteiger partial charge on any atom is 0.213 e. The summed E-state index contributed by atoms with van der Waals surface area (Å²) in [6.07, 6.45) is 5.14. The van der Waals surface area contributed by atoms with Crippen LogP contribution in [0.15, 0.2) is 22.5 Å². The number of piperidine rings is 1. The Balaban J connectivity index is 0.00000320. The maximum atomic E-state index is 12.2. The summed E-state index contributed by atoms with van der Waals surface area (Å²) in [4.78, 5) is 6.65. The van der Waals surface area contributed by atoms with Crippen molar-refractivity contribution in [1.29, 1.82) is 0 Å². The highest BCUT2D eigenvalue weighted by Gasteiger charge is 2.21. The zero-order valence-corrected chi connectivity index (χ0v) is 21.5. The van der Waals surface area contributed by atoms with Gasteiger partial charge in [-0.25, -0.2) is 13.1 Å². The molecule has 1 aromatic rings. The number of nitrogens with zero attached hydrogens (tertiary/aromatic N) is 2. The number of hydrogen-bond acceptors (Lipinski definition) is 6. The molecule has 1 unspecified atom stereocenters. The van der Waals surface area contributed by atoms with Crippen molar-refractivity contribution in [2.75, 3.05) is 50.5 Å². The molecule has 3 heterocycles. The topological polar surface area (TPSA) is 95.1 Å². The van der Waals surface area contributed by atoms with Crippen molar-refractivity contribution in [2.45, 2.75) is 44.2 Å². The fourth-order valence-electron chi connectivity index (χ4n) is 3.65. The van der Waals surface area contributed by atoms with Crippen LogP contribution in [0.4, 0.5) is 5.00 Å². The number of hydrogen-bond donors (Lipinski definition) is 3. The van der Waals surface area contributed by atoms with Gasteiger partial charge in [-0.1, -0.05) is 0 Å². The first kappa shape index (κ1) is 25.6. The van der Waals surface area contributed by atoms with E-state index in [1.54, 1.807) is 18.4 Å². The molecule has 1 atom stereocenters. The van der Waals surface area contributed by atoms with Gasteiger partial charge in [-0.15, -0.1) is 35.3 Å². The van der Waals surface area contributed by atoms with Gasteiger partial charge in [-0.3, -0.25) is 4.99 Å². The van der Waals surface area contributed by atoms with E-state index in [-0.39, 0.29) is 35.8 Å². The van der Waals surface area contributed by atoms with Crippen LogP contribution in [0.5, 0.6) is 0 Å². The average molecular weight is 572 g/mol. The smallest absolute Gasteiger partial charge is 0.213 e. The molecule has 0 aliphatic carbocycles. The quantitative estimate of drug-likeness (QED) is 0.251. The van der Waals surface area contributed by atoms with Gasteiger partial charge in [0.15, 0.2) is 5.96 Å². The molecular weight excluding hydrogens is 537 g/mol. The summed E-state index contributed by atoms with van der Waals surface area (Å²) < 4.78 is 32.7. The van der Waals surface area contributed by atoms with Gasteiger partial charge in [-0.2, -0.15) is 0 Å². The van der Waals surface area contributed by atoms with Gasteiger partial charge in [0.1, 0.15) is 0 Å². The van der Waals surface area contributed by atoms with Crippen LogP contribution in [-0.2, 0) is 14.8 Å². The highest BCUT2D eigenvalue weighted by molar-refractivity contribution is 14.0. The lowest BCUT2D eigenvalue weighted by atomic mass is 10.1. The Bertz CT molecular complexity index is 731. The molecule has 172 valence electrons. The first-order valence-corrected chi connectivity index (χ1v) is 12.9. The standard InChI is InChI=1S/C19H33N5O3S2.HI/c1-20-19(23-16-7-10-24(11-8-16)18-6-4-13-28-18)21-9-14-29(25,26)22-15-17-5-2-3-12-27-17;/h4,6,13,16-17,22H,2-3,5,7-12,14-15H2,1H3,(H2,20,21,23);1H. The minimum atomic E-state index is -3.33. The molecule has 2 fully saturated rings. The van der Waals surface area contributed by atoms with E-state index in [2.05, 4.69) is 42.8 Å². The van der Waals surface area contributed by atoms with Crippen LogP contribution in [0.25, 0.3) is 0 Å². The Hall–Kier alpha value is -0.630. The Morgan fingerprint density at radius 1 is 1.30 bits per heavy atom. The van der Waals surface area contributed by atoms with Crippen LogP contribution < -0.4 is 20.3 Å². The van der Waals surface area contributed by atoms with E-state index < -0.39 is 10.0 Å². The highest BCUT2D eigenvalue weighted by atomic mass is 127. The van der Waals surface area contributed by atoms with E-state index in [9.17, 15) is 8.42 Å². The summed E-state index contributed by atoms with van der Waals surface area (Å²) >= 11 is 1.77. The number of ether oxygens (including phenoxy) is 1. The van der Waals surface area contributed by atoms with Gasteiger partial charge in [0.05, 0.1) is 16.9 Å². The summed E-state index contributed by atoms with van der Waals surface area (Å²) in [7, 11) is -1.62. The van der Waals surface area contributed by atoms with Crippen molar-refractivity contribution < 1.29 is 13.2 Å². The number of nitrogens with one attached hydrogen (secondary N) is 3. The summed E-state index contributed by atoms with van der Waals surface area (Å²) in [5.41, 5.74) is 0. The van der Waals surface area contributed by atoms with Crippen molar-refractivity contribution in [1.82, 2.24) is 15.4 Å². The highest BCUT2D eigenvalue weighted by Crippen LogP contribution is 2.24. The first-order valence-electron chi connectivity index (χ1n) is 10.4. The molecule has 8 nitrogen and oxygen atoms in total. The molecule has 2 saturated heterocycles. The molecule has 3 N–H and O–H groups in total. The van der Waals surface area contributed by atoms with Crippen molar-refractivity contribution in [2.24, 2.45) is 4.99 Å². The molecule has 0 saturated carbocycles. The van der Waals surface area contributed by atoms with Crippen molar-refractivity contribution in [3.8, 4) is 0 Å². The van der Waals surface area contributed by atoms with E-state index in [1.165, 1.54) is 5.00 Å². The maximum absolute atomic E-state index is 12.2. The molecule has 0 radical (unpaired) electrons. The van der Waals surface area contributed by atoms with Gasteiger partial charge in [0, 0.05) is 45.9 Å². The van der Waals surface area contributed by atoms with Crippen molar-refractivity contribution in [3.63, 3.8) is 0 Å². The zero-order chi connectivity index (χ0) is 20.5. The number of thiophene rings is 1. The van der Waals surface area contributed by atoms with Crippen LogP contribution in [-0.4, -0.2) is 72.1 Å². The van der Waals surface area contributed by atoms with Crippen LogP contribution >= 0.6 is 35.3 Å². The van der Waals surface area contributed by atoms with Gasteiger partial charge in [0.25, 0.3) is 0 Å². The Kier molecular flexibility index (Phi) is 11.1. The summed E-state index contributed by atoms with van der Waals surface area (Å²) in [6, 6.07) is 4.59. The third kappa shape index (κ3) is 8.48. The Labute approximate surface area is 201 Å². The summed E-state index contributed by atoms with van der Waals surface area (Å²) in [5, 5.41) is 9.98. The molecule has 2 aliphatic rings. The number of rotatable bonds is 8. The predicted octanol–water partition coefficient (Wildman–Crippen LogP) is 1.99. The molecule has 30 heavy (non-hydrogen) atoms. The molecule has 1 aromatic heterocycles. The van der Waals surface area contributed by atoms with Crippen LogP contribution in [0, 0.1) is 0 Å². The lowest BCUT2D eigenvalue weighted by Gasteiger charge is -2.33. The van der Waals surface area contributed by atoms with E-state index in [0.717, 1.165) is 51.8 Å². The molecule has 0 bridgehead atoms. The molecule has 11 heteroatoms. The van der Waals surface area contributed by atoms with Gasteiger partial charge in [-0.05, 0) is 49.6 Å². The van der Waals surface area contributed by atoms with Crippen LogP contribution in [0.3, 0.4) is 0 Å². The fourth-order valence-corrected chi connectivity index (χ4v) is 5.39. The third-order valence-corrected chi connectivity index (χ3v) is 7.62. The van der Waals surface area contributed by atoms with Gasteiger partial charge in [0.2, 0.25) is 10.0 Å². The van der Waals surface area contributed by atoms with Crippen molar-refractivity contribution >= 4 is 56.3 Å². The summed E-state index contributed by atoms with van der Waals surface area (Å²) in [6.45, 7) is 3.42. The van der Waals surface area contributed by atoms with E-state index >= 15 is 0 Å². The lowest BCUT2D eigenvalue weighted by molar-refractivity contribution is 0.0200. The Morgan fingerprint density at radius 2 is 2.10 bits per heavy atom. The second kappa shape index (κ2) is 13.0. The second-order valence-corrected chi connectivity index (χ2v) is 10.4. The molecule has 0 spiro atoms. The second-order valence-electron chi connectivity index (χ2n) is 7.51. The minimum absolute atomic E-state index is 0. The molecular formula is C19H34IN5O3S2. The molecule has 2 aliphatic heterocycles. The molecule has 0 aromatic carbocycles. The van der Waals surface area contributed by atoms with Crippen LogP contribution in [0.2, 0.25) is 0 Å². The number of anilines is 1. The van der Waals surface area contributed by atoms with Crippen molar-refractivity contribution in [3.05, 3.63) is 17.5 Å².